The van der Waals surface area contributed by atoms with E-state index in [1.807, 2.05) is 0 Å². The van der Waals surface area contributed by atoms with E-state index in [4.69, 9.17) is 14.2 Å². The van der Waals surface area contributed by atoms with Crippen LogP contribution in [-0.2, 0) is 9.53 Å². The molecular weight excluding hydrogens is 390 g/mol. The predicted molar refractivity (Wildman–Crippen MR) is 110 cm³/mol. The van der Waals surface area contributed by atoms with Gasteiger partial charge in [-0.15, -0.1) is 0 Å². The van der Waals surface area contributed by atoms with Gasteiger partial charge in [0.2, 0.25) is 0 Å². The minimum atomic E-state index is -1.17. The summed E-state index contributed by atoms with van der Waals surface area (Å²) in [6.45, 7) is 1.39. The summed E-state index contributed by atoms with van der Waals surface area (Å²) in [5, 5.41) is 23.8. The largest absolute Gasteiger partial charge is 0.507 e. The summed E-state index contributed by atoms with van der Waals surface area (Å²) in [5.41, 5.74) is 0.184. The van der Waals surface area contributed by atoms with Crippen molar-refractivity contribution in [1.29, 1.82) is 0 Å². The van der Waals surface area contributed by atoms with E-state index in [2.05, 4.69) is 5.32 Å². The van der Waals surface area contributed by atoms with Crippen molar-refractivity contribution < 1.29 is 34.0 Å². The van der Waals surface area contributed by atoms with Crippen molar-refractivity contribution in [1.82, 2.24) is 0 Å². The van der Waals surface area contributed by atoms with Crippen LogP contribution in [0.25, 0.3) is 10.8 Å². The molecule has 8 nitrogen and oxygen atoms in total. The fraction of sp³-hybridized carbons (Fsp3) is 0.182. The smallest absolute Gasteiger partial charge is 0.342 e. The van der Waals surface area contributed by atoms with Crippen LogP contribution in [0.3, 0.4) is 0 Å². The zero-order chi connectivity index (χ0) is 21.8. The second-order valence-electron chi connectivity index (χ2n) is 6.44. The number of hydrogen-bond donors (Lipinski definition) is 3. The molecule has 0 spiro atoms. The number of hydrogen-bond acceptors (Lipinski definition) is 7. The molecule has 0 radical (unpaired) electrons. The zero-order valence-electron chi connectivity index (χ0n) is 16.6. The van der Waals surface area contributed by atoms with Gasteiger partial charge in [-0.25, -0.2) is 4.79 Å². The maximum Gasteiger partial charge on any atom is 0.342 e. The number of nitrogens with one attached hydrogen (secondary N) is 1. The Morgan fingerprint density at radius 1 is 0.933 bits per heavy atom. The van der Waals surface area contributed by atoms with Crippen LogP contribution in [0.1, 0.15) is 17.3 Å². The number of carbonyl (C=O) groups excluding carboxylic acids is 2. The van der Waals surface area contributed by atoms with Crippen LogP contribution in [0.2, 0.25) is 0 Å². The molecular formula is C22H21NO7. The molecule has 0 aliphatic rings. The van der Waals surface area contributed by atoms with Gasteiger partial charge < -0.3 is 29.7 Å². The lowest BCUT2D eigenvalue weighted by molar-refractivity contribution is -0.123. The minimum Gasteiger partial charge on any atom is -0.507 e. The van der Waals surface area contributed by atoms with E-state index in [1.165, 1.54) is 21.1 Å². The molecule has 0 aliphatic carbocycles. The van der Waals surface area contributed by atoms with Crippen molar-refractivity contribution in [2.24, 2.45) is 0 Å². The summed E-state index contributed by atoms with van der Waals surface area (Å²) in [6.07, 6.45) is -1.17. The standard InChI is InChI=1S/C22H21NO7/c1-12(21(26)23-13-8-9-18(28-2)19(10-13)29-3)30-22(27)16-11-17(24)14-6-4-5-7-15(14)20(16)25/h4-12,24-25H,1-3H3,(H,23,26)/t12-/m0/s1. The number of aromatic hydroxyl groups is 2. The Morgan fingerprint density at radius 2 is 1.60 bits per heavy atom. The number of carbonyl (C=O) groups is 2. The Kier molecular flexibility index (Phi) is 5.96. The van der Waals surface area contributed by atoms with Crippen molar-refractivity contribution >= 4 is 28.3 Å². The van der Waals surface area contributed by atoms with Crippen molar-refractivity contribution in [2.45, 2.75) is 13.0 Å². The quantitative estimate of drug-likeness (QED) is 0.420. The molecule has 3 N–H and O–H groups in total. The Balaban J connectivity index is 1.75. The van der Waals surface area contributed by atoms with Crippen LogP contribution in [0.4, 0.5) is 5.69 Å². The van der Waals surface area contributed by atoms with Gasteiger partial charge in [0.1, 0.15) is 17.1 Å². The number of phenolic OH excluding ortho intramolecular Hbond substituents is 2. The molecule has 3 aromatic carbocycles. The van der Waals surface area contributed by atoms with E-state index in [9.17, 15) is 19.8 Å². The first kappa shape index (κ1) is 20.8. The average molecular weight is 411 g/mol. The normalized spacial score (nSPS) is 11.6. The number of methoxy groups -OCH3 is 2. The van der Waals surface area contributed by atoms with E-state index in [0.29, 0.717) is 28.0 Å². The average Bonchev–Trinajstić information content (AvgIpc) is 2.75. The van der Waals surface area contributed by atoms with E-state index < -0.39 is 18.0 Å². The number of fused-ring (bicyclic) bond motifs is 1. The van der Waals surface area contributed by atoms with E-state index in [-0.39, 0.29) is 17.1 Å². The topological polar surface area (TPSA) is 114 Å². The highest BCUT2D eigenvalue weighted by Crippen LogP contribution is 2.35. The Labute approximate surface area is 172 Å². The highest BCUT2D eigenvalue weighted by Gasteiger charge is 2.23. The first-order valence-electron chi connectivity index (χ1n) is 9.03. The molecule has 0 aromatic heterocycles. The molecule has 0 unspecified atom stereocenters. The van der Waals surface area contributed by atoms with Crippen LogP contribution >= 0.6 is 0 Å². The van der Waals surface area contributed by atoms with E-state index in [1.54, 1.807) is 42.5 Å². The first-order valence-corrected chi connectivity index (χ1v) is 9.03. The van der Waals surface area contributed by atoms with Crippen LogP contribution in [0, 0.1) is 0 Å². The third-order valence-corrected chi connectivity index (χ3v) is 4.52. The second kappa shape index (κ2) is 8.60. The Morgan fingerprint density at radius 3 is 2.27 bits per heavy atom. The van der Waals surface area contributed by atoms with E-state index in [0.717, 1.165) is 6.07 Å². The van der Waals surface area contributed by atoms with Gasteiger partial charge >= 0.3 is 5.97 Å². The number of rotatable bonds is 6. The van der Waals surface area contributed by atoms with Crippen molar-refractivity contribution in [2.75, 3.05) is 19.5 Å². The van der Waals surface area contributed by atoms with Crippen LogP contribution in [0.15, 0.2) is 48.5 Å². The molecule has 0 saturated heterocycles. The van der Waals surface area contributed by atoms with Gasteiger partial charge in [0.25, 0.3) is 5.91 Å². The lowest BCUT2D eigenvalue weighted by atomic mass is 10.0. The second-order valence-corrected chi connectivity index (χ2v) is 6.44. The molecule has 0 aliphatic heterocycles. The zero-order valence-corrected chi connectivity index (χ0v) is 16.6. The molecule has 0 bridgehead atoms. The van der Waals surface area contributed by atoms with Crippen LogP contribution in [0.5, 0.6) is 23.0 Å². The maximum atomic E-state index is 12.5. The molecule has 3 rings (SSSR count). The fourth-order valence-electron chi connectivity index (χ4n) is 2.93. The number of benzene rings is 3. The Bertz CT molecular complexity index is 1110. The molecule has 0 saturated carbocycles. The summed E-state index contributed by atoms with van der Waals surface area (Å²) in [6, 6.07) is 12.4. The lowest BCUT2D eigenvalue weighted by Crippen LogP contribution is -2.30. The fourth-order valence-corrected chi connectivity index (χ4v) is 2.93. The molecule has 8 heteroatoms. The van der Waals surface area contributed by atoms with Gasteiger partial charge in [-0.1, -0.05) is 24.3 Å². The van der Waals surface area contributed by atoms with Gasteiger partial charge in [0.15, 0.2) is 17.6 Å². The summed E-state index contributed by atoms with van der Waals surface area (Å²) in [4.78, 5) is 24.9. The maximum absolute atomic E-state index is 12.5. The predicted octanol–water partition coefficient (Wildman–Crippen LogP) is 3.45. The van der Waals surface area contributed by atoms with Crippen LogP contribution < -0.4 is 14.8 Å². The van der Waals surface area contributed by atoms with Gasteiger partial charge in [0, 0.05) is 22.5 Å². The van der Waals surface area contributed by atoms with Crippen molar-refractivity contribution in [3.63, 3.8) is 0 Å². The number of anilines is 1. The van der Waals surface area contributed by atoms with Gasteiger partial charge in [0.05, 0.1) is 14.2 Å². The summed E-state index contributed by atoms with van der Waals surface area (Å²) < 4.78 is 15.5. The van der Waals surface area contributed by atoms with Gasteiger partial charge in [-0.05, 0) is 25.1 Å². The third kappa shape index (κ3) is 4.07. The minimum absolute atomic E-state index is 0.183. The molecule has 1 atom stereocenters. The summed E-state index contributed by atoms with van der Waals surface area (Å²) in [5.74, 6) is -1.11. The van der Waals surface area contributed by atoms with Gasteiger partial charge in [-0.3, -0.25) is 4.79 Å². The Hall–Kier alpha value is -3.94. The molecule has 156 valence electrons. The number of phenols is 2. The van der Waals surface area contributed by atoms with Crippen molar-refractivity contribution in [3.8, 4) is 23.0 Å². The van der Waals surface area contributed by atoms with Crippen LogP contribution in [-0.4, -0.2) is 42.4 Å². The lowest BCUT2D eigenvalue weighted by Gasteiger charge is -2.16. The first-order chi connectivity index (χ1) is 14.3. The molecule has 0 heterocycles. The number of esters is 1. The highest BCUT2D eigenvalue weighted by molar-refractivity contribution is 6.04. The molecule has 0 fully saturated rings. The highest BCUT2D eigenvalue weighted by atomic mass is 16.5. The molecule has 3 aromatic rings. The summed E-state index contributed by atoms with van der Waals surface area (Å²) in [7, 11) is 2.97. The SMILES string of the molecule is COc1ccc(NC(=O)[C@H](C)OC(=O)c2cc(O)c3ccccc3c2O)cc1OC. The van der Waals surface area contributed by atoms with Crippen molar-refractivity contribution in [3.05, 3.63) is 54.1 Å². The number of amides is 1. The monoisotopic (exact) mass is 411 g/mol. The van der Waals surface area contributed by atoms with E-state index >= 15 is 0 Å². The molecule has 30 heavy (non-hydrogen) atoms. The number of ether oxygens (including phenoxy) is 3. The molecule has 1 amide bonds. The summed E-state index contributed by atoms with van der Waals surface area (Å²) >= 11 is 0. The van der Waals surface area contributed by atoms with Gasteiger partial charge in [-0.2, -0.15) is 0 Å². The third-order valence-electron chi connectivity index (χ3n) is 4.52.